The summed E-state index contributed by atoms with van der Waals surface area (Å²) in [6.45, 7) is 0.648. The van der Waals surface area contributed by atoms with Crippen LogP contribution in [0.25, 0.3) is 0 Å². The molecule has 6 nitrogen and oxygen atoms in total. The Morgan fingerprint density at radius 1 is 1.53 bits per heavy atom. The minimum Gasteiger partial charge on any atom is -0.383 e. The third-order valence-corrected chi connectivity index (χ3v) is 2.51. The Hall–Kier alpha value is -1.73. The lowest BCUT2D eigenvalue weighted by atomic mass is 10.5. The van der Waals surface area contributed by atoms with Crippen molar-refractivity contribution >= 4 is 29.4 Å². The fourth-order valence-corrected chi connectivity index (χ4v) is 1.50. The number of hydrazone groups is 1. The van der Waals surface area contributed by atoms with E-state index in [-0.39, 0.29) is 6.54 Å². The predicted octanol–water partition coefficient (Wildman–Crippen LogP) is -0.0392. The Kier molecular flexibility index (Phi) is 5.91. The van der Waals surface area contributed by atoms with Crippen LogP contribution in [-0.4, -0.2) is 38.3 Å². The smallest absolute Gasteiger partial charge is 0.329 e. The number of thiophene rings is 1. The van der Waals surface area contributed by atoms with Crippen molar-refractivity contribution in [3.8, 4) is 0 Å². The van der Waals surface area contributed by atoms with Crippen LogP contribution in [0.4, 0.5) is 0 Å². The third kappa shape index (κ3) is 5.23. The van der Waals surface area contributed by atoms with Crippen molar-refractivity contribution in [2.75, 3.05) is 20.3 Å². The van der Waals surface area contributed by atoms with Crippen molar-refractivity contribution < 1.29 is 14.3 Å². The molecule has 0 aliphatic rings. The van der Waals surface area contributed by atoms with Gasteiger partial charge >= 0.3 is 11.8 Å². The van der Waals surface area contributed by atoms with Gasteiger partial charge < -0.3 is 10.1 Å². The quantitative estimate of drug-likeness (QED) is 0.335. The summed E-state index contributed by atoms with van der Waals surface area (Å²) in [7, 11) is 1.51. The number of carbonyl (C=O) groups is 2. The van der Waals surface area contributed by atoms with Crippen LogP contribution in [-0.2, 0) is 14.3 Å². The van der Waals surface area contributed by atoms with Crippen LogP contribution in [0.2, 0.25) is 0 Å². The molecule has 0 bridgehead atoms. The molecule has 1 aromatic heterocycles. The maximum atomic E-state index is 11.2. The second-order valence-electron chi connectivity index (χ2n) is 2.96. The van der Waals surface area contributed by atoms with E-state index in [9.17, 15) is 9.59 Å². The summed E-state index contributed by atoms with van der Waals surface area (Å²) in [5.41, 5.74) is 2.13. The summed E-state index contributed by atoms with van der Waals surface area (Å²) in [6, 6.07) is 3.71. The zero-order chi connectivity index (χ0) is 12.5. The van der Waals surface area contributed by atoms with Gasteiger partial charge in [0.2, 0.25) is 0 Å². The lowest BCUT2D eigenvalue weighted by Gasteiger charge is -2.02. The normalized spacial score (nSPS) is 10.4. The van der Waals surface area contributed by atoms with E-state index in [0.29, 0.717) is 6.61 Å². The molecule has 0 saturated heterocycles. The number of hydrogen-bond acceptors (Lipinski definition) is 5. The number of hydrogen-bond donors (Lipinski definition) is 2. The number of nitrogens with one attached hydrogen (secondary N) is 2. The van der Waals surface area contributed by atoms with E-state index in [2.05, 4.69) is 15.8 Å². The summed E-state index contributed by atoms with van der Waals surface area (Å²) in [4.78, 5) is 23.2. The topological polar surface area (TPSA) is 79.8 Å². The molecule has 0 aliphatic carbocycles. The first kappa shape index (κ1) is 13.3. The van der Waals surface area contributed by atoms with Crippen molar-refractivity contribution in [1.82, 2.24) is 10.7 Å². The Morgan fingerprint density at radius 2 is 2.35 bits per heavy atom. The van der Waals surface area contributed by atoms with Crippen molar-refractivity contribution in [1.29, 1.82) is 0 Å². The SMILES string of the molecule is COCCNC(=O)C(=O)N/N=C\c1cccs1. The molecule has 0 saturated carbocycles. The van der Waals surface area contributed by atoms with Crippen LogP contribution in [0.1, 0.15) is 4.88 Å². The Labute approximate surface area is 103 Å². The van der Waals surface area contributed by atoms with Gasteiger partial charge in [0.15, 0.2) is 0 Å². The van der Waals surface area contributed by atoms with Crippen LogP contribution in [0, 0.1) is 0 Å². The van der Waals surface area contributed by atoms with Gasteiger partial charge in [-0.1, -0.05) is 6.07 Å². The van der Waals surface area contributed by atoms with Crippen molar-refractivity contribution in [3.63, 3.8) is 0 Å². The molecular formula is C10H13N3O3S. The molecule has 2 N–H and O–H groups in total. The van der Waals surface area contributed by atoms with Crippen molar-refractivity contribution in [3.05, 3.63) is 22.4 Å². The van der Waals surface area contributed by atoms with Gasteiger partial charge in [-0.25, -0.2) is 5.43 Å². The van der Waals surface area contributed by atoms with E-state index >= 15 is 0 Å². The maximum Gasteiger partial charge on any atom is 0.329 e. The Bertz CT molecular complexity index is 390. The second kappa shape index (κ2) is 7.53. The number of carbonyl (C=O) groups excluding carboxylic acids is 2. The zero-order valence-electron chi connectivity index (χ0n) is 9.30. The molecular weight excluding hydrogens is 242 g/mol. The number of rotatable bonds is 5. The minimum atomic E-state index is -0.797. The zero-order valence-corrected chi connectivity index (χ0v) is 10.1. The largest absolute Gasteiger partial charge is 0.383 e. The molecule has 0 atom stereocenters. The average molecular weight is 255 g/mol. The summed E-state index contributed by atoms with van der Waals surface area (Å²) in [6.07, 6.45) is 1.48. The van der Waals surface area contributed by atoms with E-state index in [1.807, 2.05) is 17.5 Å². The van der Waals surface area contributed by atoms with Crippen LogP contribution < -0.4 is 10.7 Å². The highest BCUT2D eigenvalue weighted by atomic mass is 32.1. The van der Waals surface area contributed by atoms with Crippen molar-refractivity contribution in [2.45, 2.75) is 0 Å². The molecule has 0 aromatic carbocycles. The molecule has 7 heteroatoms. The second-order valence-corrected chi connectivity index (χ2v) is 3.94. The van der Waals surface area contributed by atoms with Gasteiger partial charge in [-0.15, -0.1) is 11.3 Å². The highest BCUT2D eigenvalue weighted by Crippen LogP contribution is 2.03. The lowest BCUT2D eigenvalue weighted by molar-refractivity contribution is -0.139. The van der Waals surface area contributed by atoms with Gasteiger partial charge in [0, 0.05) is 18.5 Å². The molecule has 1 heterocycles. The van der Waals surface area contributed by atoms with E-state index in [1.54, 1.807) is 0 Å². The van der Waals surface area contributed by atoms with Gasteiger partial charge in [-0.2, -0.15) is 5.10 Å². The monoisotopic (exact) mass is 255 g/mol. The molecule has 92 valence electrons. The predicted molar refractivity (Wildman–Crippen MR) is 64.9 cm³/mol. The Balaban J connectivity index is 2.27. The molecule has 0 fully saturated rings. The van der Waals surface area contributed by atoms with Crippen LogP contribution >= 0.6 is 11.3 Å². The number of nitrogens with zero attached hydrogens (tertiary/aromatic N) is 1. The number of amides is 2. The molecule has 0 unspecified atom stereocenters. The van der Waals surface area contributed by atoms with Crippen LogP contribution in [0.5, 0.6) is 0 Å². The first-order valence-electron chi connectivity index (χ1n) is 4.87. The summed E-state index contributed by atoms with van der Waals surface area (Å²) < 4.78 is 4.73. The minimum absolute atomic E-state index is 0.289. The van der Waals surface area contributed by atoms with E-state index in [1.165, 1.54) is 24.7 Å². The van der Waals surface area contributed by atoms with Crippen LogP contribution in [0.3, 0.4) is 0 Å². The fraction of sp³-hybridized carbons (Fsp3) is 0.300. The highest BCUT2D eigenvalue weighted by molar-refractivity contribution is 7.11. The van der Waals surface area contributed by atoms with Gasteiger partial charge in [0.25, 0.3) is 0 Å². The molecule has 17 heavy (non-hydrogen) atoms. The van der Waals surface area contributed by atoms with E-state index in [0.717, 1.165) is 4.88 Å². The van der Waals surface area contributed by atoms with E-state index < -0.39 is 11.8 Å². The third-order valence-electron chi connectivity index (χ3n) is 1.70. The molecule has 1 aromatic rings. The van der Waals surface area contributed by atoms with Gasteiger partial charge in [0.1, 0.15) is 0 Å². The summed E-state index contributed by atoms with van der Waals surface area (Å²) in [5.74, 6) is -1.53. The van der Waals surface area contributed by atoms with Crippen molar-refractivity contribution in [2.24, 2.45) is 5.10 Å². The van der Waals surface area contributed by atoms with Crippen LogP contribution in [0.15, 0.2) is 22.6 Å². The maximum absolute atomic E-state index is 11.2. The average Bonchev–Trinajstić information content (AvgIpc) is 2.82. The molecule has 2 amide bonds. The molecule has 0 spiro atoms. The van der Waals surface area contributed by atoms with Gasteiger partial charge in [-0.3, -0.25) is 9.59 Å². The molecule has 0 radical (unpaired) electrons. The number of ether oxygens (including phenoxy) is 1. The van der Waals surface area contributed by atoms with Gasteiger partial charge in [-0.05, 0) is 11.4 Å². The lowest BCUT2D eigenvalue weighted by Crippen LogP contribution is -2.39. The molecule has 1 rings (SSSR count). The summed E-state index contributed by atoms with van der Waals surface area (Å²) >= 11 is 1.48. The van der Waals surface area contributed by atoms with Gasteiger partial charge in [0.05, 0.1) is 12.8 Å². The first-order valence-corrected chi connectivity index (χ1v) is 5.75. The van der Waals surface area contributed by atoms with E-state index in [4.69, 9.17) is 4.74 Å². The highest BCUT2D eigenvalue weighted by Gasteiger charge is 2.10. The number of methoxy groups -OCH3 is 1. The Morgan fingerprint density at radius 3 is 3.00 bits per heavy atom. The summed E-state index contributed by atoms with van der Waals surface area (Å²) in [5, 5.41) is 7.93. The molecule has 0 aliphatic heterocycles. The first-order chi connectivity index (χ1) is 8.24. The fourth-order valence-electron chi connectivity index (χ4n) is 0.917. The standard InChI is InChI=1S/C10H13N3O3S/c1-16-5-4-11-9(14)10(15)13-12-7-8-3-2-6-17-8/h2-3,6-7H,4-5H2,1H3,(H,11,14)(H,13,15)/b12-7-.